The molecule has 114 valence electrons. The lowest BCUT2D eigenvalue weighted by Gasteiger charge is -2.38. The first kappa shape index (κ1) is 16.7. The van der Waals surface area contributed by atoms with E-state index in [1.54, 1.807) is 7.11 Å². The molecular formula is C15H26N2O3. The van der Waals surface area contributed by atoms with Crippen LogP contribution in [0.5, 0.6) is 0 Å². The smallest absolute Gasteiger partial charge is 0.246 e. The van der Waals surface area contributed by atoms with E-state index in [0.717, 1.165) is 25.7 Å². The highest BCUT2D eigenvalue weighted by atomic mass is 16.5. The van der Waals surface area contributed by atoms with Crippen LogP contribution in [0.2, 0.25) is 0 Å². The third kappa shape index (κ3) is 4.63. The summed E-state index contributed by atoms with van der Waals surface area (Å²) in [6.07, 6.45) is 6.53. The van der Waals surface area contributed by atoms with Crippen molar-refractivity contribution in [3.63, 3.8) is 0 Å². The van der Waals surface area contributed by atoms with E-state index in [9.17, 15) is 9.59 Å². The van der Waals surface area contributed by atoms with Crippen molar-refractivity contribution in [3.8, 4) is 0 Å². The average molecular weight is 282 g/mol. The molecule has 1 N–H and O–H groups in total. The van der Waals surface area contributed by atoms with Crippen molar-refractivity contribution in [3.05, 3.63) is 12.7 Å². The number of nitrogens with zero attached hydrogens (tertiary/aromatic N) is 1. The van der Waals surface area contributed by atoms with Crippen LogP contribution in [-0.4, -0.2) is 49.1 Å². The summed E-state index contributed by atoms with van der Waals surface area (Å²) in [5.74, 6) is -0.340. The van der Waals surface area contributed by atoms with Gasteiger partial charge in [0.1, 0.15) is 0 Å². The Kier molecular flexibility index (Phi) is 6.71. The molecule has 5 heteroatoms. The number of nitrogens with one attached hydrogen (secondary N) is 1. The number of ether oxygens (including phenoxy) is 1. The van der Waals surface area contributed by atoms with E-state index in [4.69, 9.17) is 4.74 Å². The molecule has 5 nitrogen and oxygen atoms in total. The zero-order valence-corrected chi connectivity index (χ0v) is 12.6. The Morgan fingerprint density at radius 1 is 1.35 bits per heavy atom. The highest BCUT2D eigenvalue weighted by Gasteiger charge is 2.33. The minimum Gasteiger partial charge on any atom is -0.382 e. The number of rotatable bonds is 7. The predicted molar refractivity (Wildman–Crippen MR) is 78.3 cm³/mol. The molecule has 0 heterocycles. The van der Waals surface area contributed by atoms with Gasteiger partial charge >= 0.3 is 0 Å². The Morgan fingerprint density at radius 2 is 2.00 bits per heavy atom. The second kappa shape index (κ2) is 8.04. The summed E-state index contributed by atoms with van der Waals surface area (Å²) in [7, 11) is 1.65. The zero-order valence-electron chi connectivity index (χ0n) is 12.6. The highest BCUT2D eigenvalue weighted by Crippen LogP contribution is 2.28. The van der Waals surface area contributed by atoms with Gasteiger partial charge in [-0.15, -0.1) is 0 Å². The number of amides is 2. The molecule has 1 fully saturated rings. The minimum absolute atomic E-state index is 0.0762. The zero-order chi connectivity index (χ0) is 15.0. The lowest BCUT2D eigenvalue weighted by molar-refractivity contribution is -0.133. The van der Waals surface area contributed by atoms with E-state index in [1.165, 1.54) is 17.4 Å². The van der Waals surface area contributed by atoms with Crippen LogP contribution < -0.4 is 5.32 Å². The molecule has 1 aliphatic rings. The van der Waals surface area contributed by atoms with Crippen LogP contribution in [0, 0.1) is 0 Å². The van der Waals surface area contributed by atoms with Crippen LogP contribution in [0.15, 0.2) is 12.7 Å². The van der Waals surface area contributed by atoms with Gasteiger partial charge in [-0.25, -0.2) is 0 Å². The molecule has 1 saturated carbocycles. The van der Waals surface area contributed by atoms with E-state index in [-0.39, 0.29) is 23.9 Å². The maximum Gasteiger partial charge on any atom is 0.246 e. The summed E-state index contributed by atoms with van der Waals surface area (Å²) >= 11 is 0. The standard InChI is InChI=1S/C15H26N2O3/c1-4-14(19)17(5-2)11-13(18)16-15(12-20-3)9-7-6-8-10-15/h4H,1,5-12H2,2-3H3,(H,16,18). The molecule has 0 saturated heterocycles. The van der Waals surface area contributed by atoms with E-state index >= 15 is 0 Å². The summed E-state index contributed by atoms with van der Waals surface area (Å²) < 4.78 is 5.27. The van der Waals surface area contributed by atoms with E-state index in [0.29, 0.717) is 13.2 Å². The quantitative estimate of drug-likeness (QED) is 0.720. The first-order valence-corrected chi connectivity index (χ1v) is 7.28. The summed E-state index contributed by atoms with van der Waals surface area (Å²) in [5.41, 5.74) is -0.263. The third-order valence-electron chi connectivity index (χ3n) is 3.84. The van der Waals surface area contributed by atoms with Crippen LogP contribution in [-0.2, 0) is 14.3 Å². The molecule has 0 aromatic rings. The van der Waals surface area contributed by atoms with Crippen LogP contribution in [0.3, 0.4) is 0 Å². The Hall–Kier alpha value is -1.36. The molecule has 0 spiro atoms. The SMILES string of the molecule is C=CC(=O)N(CC)CC(=O)NC1(COC)CCCCC1. The van der Waals surface area contributed by atoms with Gasteiger partial charge in [-0.1, -0.05) is 25.8 Å². The lowest BCUT2D eigenvalue weighted by Crippen LogP contribution is -2.55. The molecule has 0 unspecified atom stereocenters. The monoisotopic (exact) mass is 282 g/mol. The van der Waals surface area contributed by atoms with Crippen LogP contribution >= 0.6 is 0 Å². The number of likely N-dealkylation sites (N-methyl/N-ethyl adjacent to an activating group) is 1. The van der Waals surface area contributed by atoms with Crippen molar-refractivity contribution >= 4 is 11.8 Å². The Balaban J connectivity index is 2.61. The molecule has 20 heavy (non-hydrogen) atoms. The topological polar surface area (TPSA) is 58.6 Å². The summed E-state index contributed by atoms with van der Waals surface area (Å²) in [4.78, 5) is 25.2. The van der Waals surface area contributed by atoms with Crippen molar-refractivity contribution < 1.29 is 14.3 Å². The number of carbonyl (C=O) groups is 2. The van der Waals surface area contributed by atoms with Gasteiger partial charge in [0.05, 0.1) is 18.7 Å². The maximum atomic E-state index is 12.2. The maximum absolute atomic E-state index is 12.2. The van der Waals surface area contributed by atoms with Gasteiger partial charge in [-0.3, -0.25) is 9.59 Å². The highest BCUT2D eigenvalue weighted by molar-refractivity contribution is 5.91. The van der Waals surface area contributed by atoms with E-state index in [1.807, 2.05) is 6.92 Å². The first-order chi connectivity index (χ1) is 9.56. The number of carbonyl (C=O) groups excluding carboxylic acids is 2. The second-order valence-electron chi connectivity index (χ2n) is 5.38. The number of hydrogen-bond acceptors (Lipinski definition) is 3. The second-order valence-corrected chi connectivity index (χ2v) is 5.38. The third-order valence-corrected chi connectivity index (χ3v) is 3.84. The van der Waals surface area contributed by atoms with E-state index < -0.39 is 0 Å². The Bertz CT molecular complexity index is 344. The van der Waals surface area contributed by atoms with Crippen molar-refractivity contribution in [2.75, 3.05) is 26.8 Å². The molecule has 1 rings (SSSR count). The molecule has 0 radical (unpaired) electrons. The number of hydrogen-bond donors (Lipinski definition) is 1. The van der Waals surface area contributed by atoms with Crippen molar-refractivity contribution in [1.82, 2.24) is 10.2 Å². The first-order valence-electron chi connectivity index (χ1n) is 7.28. The fourth-order valence-electron chi connectivity index (χ4n) is 2.79. The summed E-state index contributed by atoms with van der Waals surface area (Å²) in [5, 5.41) is 3.08. The fraction of sp³-hybridized carbons (Fsp3) is 0.733. The molecule has 0 aliphatic heterocycles. The van der Waals surface area contributed by atoms with Crippen LogP contribution in [0.1, 0.15) is 39.0 Å². The fourth-order valence-corrected chi connectivity index (χ4v) is 2.79. The number of methoxy groups -OCH3 is 1. The molecule has 0 bridgehead atoms. The van der Waals surface area contributed by atoms with Crippen molar-refractivity contribution in [1.29, 1.82) is 0 Å². The largest absolute Gasteiger partial charge is 0.382 e. The summed E-state index contributed by atoms with van der Waals surface area (Å²) in [6, 6.07) is 0. The van der Waals surface area contributed by atoms with Gasteiger partial charge in [-0.05, 0) is 25.8 Å². The molecule has 0 atom stereocenters. The van der Waals surface area contributed by atoms with E-state index in [2.05, 4.69) is 11.9 Å². The molecule has 1 aliphatic carbocycles. The molecular weight excluding hydrogens is 256 g/mol. The molecule has 0 aromatic heterocycles. The van der Waals surface area contributed by atoms with Gasteiger partial charge < -0.3 is 15.0 Å². The van der Waals surface area contributed by atoms with Gasteiger partial charge in [-0.2, -0.15) is 0 Å². The van der Waals surface area contributed by atoms with Crippen LogP contribution in [0.25, 0.3) is 0 Å². The minimum atomic E-state index is -0.263. The molecule has 2 amide bonds. The average Bonchev–Trinajstić information content (AvgIpc) is 2.45. The van der Waals surface area contributed by atoms with Crippen LogP contribution in [0.4, 0.5) is 0 Å². The lowest BCUT2D eigenvalue weighted by atomic mass is 9.82. The summed E-state index contributed by atoms with van der Waals surface area (Å²) in [6.45, 7) is 6.40. The Morgan fingerprint density at radius 3 is 2.50 bits per heavy atom. The predicted octanol–water partition coefficient (Wildman–Crippen LogP) is 1.49. The van der Waals surface area contributed by atoms with Gasteiger partial charge in [0.25, 0.3) is 0 Å². The van der Waals surface area contributed by atoms with Gasteiger partial charge in [0.2, 0.25) is 11.8 Å². The van der Waals surface area contributed by atoms with Crippen molar-refractivity contribution in [2.45, 2.75) is 44.6 Å². The van der Waals surface area contributed by atoms with Crippen molar-refractivity contribution in [2.24, 2.45) is 0 Å². The molecule has 0 aromatic carbocycles. The van der Waals surface area contributed by atoms with Gasteiger partial charge in [0, 0.05) is 13.7 Å². The Labute approximate surface area is 121 Å². The normalized spacial score (nSPS) is 17.3. The van der Waals surface area contributed by atoms with Gasteiger partial charge in [0.15, 0.2) is 0 Å².